The number of halogens is 3. The van der Waals surface area contributed by atoms with Gasteiger partial charge in [-0.1, -0.05) is 0 Å². The van der Waals surface area contributed by atoms with Crippen LogP contribution in [0.4, 0.5) is 0 Å². The second-order valence-electron chi connectivity index (χ2n) is 6.82. The van der Waals surface area contributed by atoms with Gasteiger partial charge in [-0.25, -0.2) is 0 Å². The van der Waals surface area contributed by atoms with E-state index in [1.54, 1.807) is 5.57 Å². The predicted octanol–water partition coefficient (Wildman–Crippen LogP) is -3.18. The first-order chi connectivity index (χ1) is 10.9. The molecule has 1 aliphatic carbocycles. The van der Waals surface area contributed by atoms with Gasteiger partial charge in [-0.2, -0.15) is 0 Å². The summed E-state index contributed by atoms with van der Waals surface area (Å²) in [6, 6.07) is 13.9. The van der Waals surface area contributed by atoms with Crippen LogP contribution in [0.25, 0.3) is 0 Å². The molecule has 2 aromatic rings. The van der Waals surface area contributed by atoms with Crippen molar-refractivity contribution in [3.8, 4) is 0 Å². The van der Waals surface area contributed by atoms with Gasteiger partial charge in [0.05, 0.1) is 0 Å². The van der Waals surface area contributed by atoms with Crippen molar-refractivity contribution < 1.29 is 57.7 Å². The van der Waals surface area contributed by atoms with Gasteiger partial charge < -0.3 is 37.2 Å². The largest absolute Gasteiger partial charge is 1.00 e. The maximum absolute atomic E-state index is 2.36. The third-order valence-electron chi connectivity index (χ3n) is 4.47. The summed E-state index contributed by atoms with van der Waals surface area (Å²) in [5, 5.41) is 0. The van der Waals surface area contributed by atoms with Crippen molar-refractivity contribution in [3.63, 3.8) is 0 Å². The van der Waals surface area contributed by atoms with Crippen molar-refractivity contribution >= 4 is 0 Å². The van der Waals surface area contributed by atoms with Gasteiger partial charge in [0.2, 0.25) is 0 Å². The molecule has 0 radical (unpaired) electrons. The van der Waals surface area contributed by atoms with Crippen LogP contribution >= 0.6 is 0 Å². The van der Waals surface area contributed by atoms with Gasteiger partial charge in [-0.15, -0.1) is 0 Å². The molecule has 0 amide bonds. The van der Waals surface area contributed by atoms with E-state index in [0.29, 0.717) is 5.92 Å². The molecule has 0 heterocycles. The second kappa shape index (κ2) is 10.7. The van der Waals surface area contributed by atoms with Crippen LogP contribution < -0.4 is 37.2 Å². The minimum atomic E-state index is 0. The summed E-state index contributed by atoms with van der Waals surface area (Å²) in [7, 11) is 0. The molecule has 0 spiro atoms. The molecule has 0 saturated heterocycles. The molecule has 0 bridgehead atoms. The van der Waals surface area contributed by atoms with E-state index < -0.39 is 0 Å². The summed E-state index contributed by atoms with van der Waals surface area (Å²) in [5.74, 6) is 0.363. The Morgan fingerprint density at radius 3 is 1.38 bits per heavy atom. The Kier molecular flexibility index (Phi) is 10.5. The molecule has 1 aliphatic rings. The van der Waals surface area contributed by atoms with E-state index in [-0.39, 0.29) is 37.2 Å². The molecule has 0 unspecified atom stereocenters. The van der Waals surface area contributed by atoms with Gasteiger partial charge in [-0.3, -0.25) is 0 Å². The van der Waals surface area contributed by atoms with E-state index in [1.807, 2.05) is 0 Å². The molecule has 2 aromatic carbocycles. The smallest absolute Gasteiger partial charge is 1.00 e. The number of hydrogen-bond acceptors (Lipinski definition) is 0. The quantitative estimate of drug-likeness (QED) is 0.441. The maximum Gasteiger partial charge on any atom is -1.00 e. The minimum Gasteiger partial charge on any atom is -1.00 e. The normalized spacial score (nSPS) is 12.6. The third-order valence-corrected chi connectivity index (χ3v) is 5.23. The summed E-state index contributed by atoms with van der Waals surface area (Å²) < 4.78 is 1.42. The Morgan fingerprint density at radius 1 is 0.692 bits per heavy atom. The molecule has 0 aliphatic heterocycles. The van der Waals surface area contributed by atoms with Crippen LogP contribution in [-0.4, -0.2) is 0 Å². The molecular weight excluding hydrogens is 418 g/mol. The zero-order valence-electron chi connectivity index (χ0n) is 15.5. The fourth-order valence-corrected chi connectivity index (χ4v) is 4.31. The molecule has 3 rings (SSSR count). The molecule has 136 valence electrons. The molecule has 0 N–H and O–H groups in total. The molecule has 0 fully saturated rings. The topological polar surface area (TPSA) is 0 Å². The standard InChI is InChI=1S/C22H23.3ClH.Ti/c1-15-9-16(2)12-20(11-15)22(19-7-5-6-8-19)21-13-17(3)10-18(4)14-21;;;;/h5-6,9-14,22H,7H2,1-4H3;3*1H;/q;;;;+3/p-3. The van der Waals surface area contributed by atoms with Crippen LogP contribution in [0.3, 0.4) is 0 Å². The van der Waals surface area contributed by atoms with Gasteiger partial charge in [0, 0.05) is 0 Å². The van der Waals surface area contributed by atoms with Crippen LogP contribution in [0, 0.1) is 27.7 Å². The summed E-state index contributed by atoms with van der Waals surface area (Å²) in [5.41, 5.74) is 9.77. The van der Waals surface area contributed by atoms with Crippen molar-refractivity contribution in [1.82, 2.24) is 0 Å². The van der Waals surface area contributed by atoms with Crippen LogP contribution in [0.15, 0.2) is 58.0 Å². The maximum atomic E-state index is 2.36. The molecule has 0 aromatic heterocycles. The van der Waals surface area contributed by atoms with E-state index in [0.717, 1.165) is 6.42 Å². The van der Waals surface area contributed by atoms with Crippen molar-refractivity contribution in [2.75, 3.05) is 0 Å². The Labute approximate surface area is 188 Å². The van der Waals surface area contributed by atoms with Gasteiger partial charge in [-0.05, 0) is 0 Å². The molecule has 0 nitrogen and oxygen atoms in total. The third kappa shape index (κ3) is 5.75. The fraction of sp³-hybridized carbons (Fsp3) is 0.273. The number of aryl methyl sites for hydroxylation is 4. The van der Waals surface area contributed by atoms with Crippen LogP contribution in [-0.2, 0) is 20.4 Å². The molecule has 4 heteroatoms. The van der Waals surface area contributed by atoms with Crippen LogP contribution in [0.5, 0.6) is 0 Å². The van der Waals surface area contributed by atoms with Crippen LogP contribution in [0.1, 0.15) is 45.7 Å². The Hall–Kier alpha value is -0.496. The first-order valence-electron chi connectivity index (χ1n) is 8.21. The number of benzene rings is 2. The zero-order chi connectivity index (χ0) is 16.6. The minimum absolute atomic E-state index is 0. The average molecular weight is 442 g/mol. The van der Waals surface area contributed by atoms with E-state index in [2.05, 4.69) is 96.7 Å². The summed E-state index contributed by atoms with van der Waals surface area (Å²) in [6.07, 6.45) is 5.63. The molecular formula is C22H23Cl3Ti. The number of rotatable bonds is 3. The fourth-order valence-electron chi connectivity index (χ4n) is 3.74. The zero-order valence-corrected chi connectivity index (χ0v) is 19.4. The second-order valence-corrected chi connectivity index (χ2v) is 7.66. The Balaban J connectivity index is 0.00000208. The van der Waals surface area contributed by atoms with Gasteiger partial charge in [0.15, 0.2) is 0 Å². The molecule has 26 heavy (non-hydrogen) atoms. The Morgan fingerprint density at radius 2 is 1.08 bits per heavy atom. The van der Waals surface area contributed by atoms with Gasteiger partial charge in [0.1, 0.15) is 0 Å². The molecule has 0 saturated carbocycles. The van der Waals surface area contributed by atoms with Crippen molar-refractivity contribution in [2.45, 2.75) is 40.0 Å². The van der Waals surface area contributed by atoms with Gasteiger partial charge >= 0.3 is 152 Å². The summed E-state index contributed by atoms with van der Waals surface area (Å²) in [6.45, 7) is 8.79. The first-order valence-corrected chi connectivity index (χ1v) is 8.99. The van der Waals surface area contributed by atoms with E-state index in [9.17, 15) is 0 Å². The van der Waals surface area contributed by atoms with Crippen molar-refractivity contribution in [3.05, 3.63) is 91.4 Å². The molecule has 0 atom stereocenters. The number of hydrogen-bond donors (Lipinski definition) is 0. The number of allylic oxidation sites excluding steroid dienone is 4. The summed E-state index contributed by atoms with van der Waals surface area (Å²) in [4.78, 5) is 0. The summed E-state index contributed by atoms with van der Waals surface area (Å²) >= 11 is 2.25. The SMILES string of the molecule is Cc1cc(C)cc(C(C2=[C]([Ti+3])C=CC2)c2cc(C)cc(C)c2)c1.[Cl-].[Cl-].[Cl-]. The first kappa shape index (κ1) is 25.5. The average Bonchev–Trinajstić information content (AvgIpc) is 2.83. The van der Waals surface area contributed by atoms with Crippen molar-refractivity contribution in [1.29, 1.82) is 0 Å². The van der Waals surface area contributed by atoms with E-state index in [1.165, 1.54) is 37.3 Å². The predicted molar refractivity (Wildman–Crippen MR) is 94.5 cm³/mol. The van der Waals surface area contributed by atoms with Crippen molar-refractivity contribution in [2.24, 2.45) is 0 Å². The van der Waals surface area contributed by atoms with Gasteiger partial charge in [0.25, 0.3) is 0 Å². The Bertz CT molecular complexity index is 730. The monoisotopic (exact) mass is 440 g/mol. The van der Waals surface area contributed by atoms with E-state index in [4.69, 9.17) is 0 Å². The van der Waals surface area contributed by atoms with E-state index >= 15 is 0 Å². The van der Waals surface area contributed by atoms with Crippen LogP contribution in [0.2, 0.25) is 0 Å².